The molecule has 20 heavy (non-hydrogen) atoms. The first kappa shape index (κ1) is 16.0. The average molecular weight is 280 g/mol. The van der Waals surface area contributed by atoms with Gasteiger partial charge in [0.1, 0.15) is 11.6 Å². The van der Waals surface area contributed by atoms with E-state index in [0.29, 0.717) is 24.6 Å². The monoisotopic (exact) mass is 280 g/mol. The van der Waals surface area contributed by atoms with Crippen molar-refractivity contribution in [3.05, 3.63) is 6.07 Å². The van der Waals surface area contributed by atoms with Crippen molar-refractivity contribution in [2.75, 3.05) is 42.5 Å². The molecule has 7 nitrogen and oxygen atoms in total. The Labute approximate surface area is 120 Å². The summed E-state index contributed by atoms with van der Waals surface area (Å²) in [6.45, 7) is 8.69. The molecule has 1 heterocycles. The van der Waals surface area contributed by atoms with Crippen molar-refractivity contribution < 1.29 is 4.79 Å². The van der Waals surface area contributed by atoms with Crippen molar-refractivity contribution in [3.8, 4) is 0 Å². The number of rotatable bonds is 8. The summed E-state index contributed by atoms with van der Waals surface area (Å²) in [5.41, 5.74) is 5.64. The first-order valence-electron chi connectivity index (χ1n) is 7.00. The van der Waals surface area contributed by atoms with Crippen LogP contribution in [0.4, 0.5) is 17.6 Å². The fourth-order valence-corrected chi connectivity index (χ4v) is 1.86. The van der Waals surface area contributed by atoms with Gasteiger partial charge in [-0.2, -0.15) is 9.97 Å². The van der Waals surface area contributed by atoms with Gasteiger partial charge in [-0.15, -0.1) is 0 Å². The van der Waals surface area contributed by atoms with E-state index in [2.05, 4.69) is 20.6 Å². The van der Waals surface area contributed by atoms with E-state index in [1.54, 1.807) is 11.0 Å². The Hall–Kier alpha value is -2.05. The molecule has 1 rings (SSSR count). The lowest BCUT2D eigenvalue weighted by Gasteiger charge is -2.18. The van der Waals surface area contributed by atoms with E-state index < -0.39 is 0 Å². The minimum absolute atomic E-state index is 0.136. The fraction of sp³-hybridized carbons (Fsp3) is 0.615. The predicted molar refractivity (Wildman–Crippen MR) is 81.6 cm³/mol. The molecule has 0 aliphatic rings. The zero-order chi connectivity index (χ0) is 15.0. The maximum atomic E-state index is 11.8. The van der Waals surface area contributed by atoms with Crippen LogP contribution in [-0.2, 0) is 4.79 Å². The van der Waals surface area contributed by atoms with E-state index in [1.165, 1.54) is 0 Å². The van der Waals surface area contributed by atoms with Crippen LogP contribution in [-0.4, -0.2) is 47.0 Å². The molecule has 0 aliphatic heterocycles. The number of nitrogen functional groups attached to an aromatic ring is 1. The summed E-state index contributed by atoms with van der Waals surface area (Å²) in [6.07, 6.45) is 0.433. The van der Waals surface area contributed by atoms with Gasteiger partial charge in [0.15, 0.2) is 0 Å². The van der Waals surface area contributed by atoms with Crippen molar-refractivity contribution in [2.24, 2.45) is 0 Å². The summed E-state index contributed by atoms with van der Waals surface area (Å²) in [5, 5.41) is 6.18. The number of carbonyl (C=O) groups excluding carboxylic acids is 1. The number of nitrogens with two attached hydrogens (primary N) is 1. The molecule has 1 aromatic heterocycles. The topological polar surface area (TPSA) is 96.2 Å². The highest BCUT2D eigenvalue weighted by atomic mass is 16.2. The van der Waals surface area contributed by atoms with Gasteiger partial charge in [-0.1, -0.05) is 0 Å². The predicted octanol–water partition coefficient (Wildman–Crippen LogP) is 1.16. The van der Waals surface area contributed by atoms with Gasteiger partial charge >= 0.3 is 0 Å². The molecule has 0 spiro atoms. The Bertz CT molecular complexity index is 433. The highest BCUT2D eigenvalue weighted by Crippen LogP contribution is 2.12. The van der Waals surface area contributed by atoms with Gasteiger partial charge in [0.05, 0.1) is 0 Å². The zero-order valence-electron chi connectivity index (χ0n) is 12.4. The van der Waals surface area contributed by atoms with Crippen LogP contribution in [0.1, 0.15) is 27.2 Å². The average Bonchev–Trinajstić information content (AvgIpc) is 2.40. The van der Waals surface area contributed by atoms with Gasteiger partial charge in [0, 0.05) is 38.7 Å². The maximum Gasteiger partial charge on any atom is 0.224 e. The number of hydrogen-bond donors (Lipinski definition) is 3. The molecule has 1 aromatic rings. The van der Waals surface area contributed by atoms with E-state index in [-0.39, 0.29) is 11.9 Å². The quantitative estimate of drug-likeness (QED) is 0.661. The maximum absolute atomic E-state index is 11.8. The number of hydrogen-bond acceptors (Lipinski definition) is 6. The number of nitrogens with one attached hydrogen (secondary N) is 2. The van der Waals surface area contributed by atoms with Gasteiger partial charge in [-0.05, 0) is 20.8 Å². The van der Waals surface area contributed by atoms with Crippen LogP contribution in [0.5, 0.6) is 0 Å². The summed E-state index contributed by atoms with van der Waals surface area (Å²) < 4.78 is 0. The second-order valence-electron chi connectivity index (χ2n) is 4.27. The van der Waals surface area contributed by atoms with Gasteiger partial charge in [-0.25, -0.2) is 0 Å². The third-order valence-corrected chi connectivity index (χ3v) is 2.86. The lowest BCUT2D eigenvalue weighted by atomic mass is 10.3. The van der Waals surface area contributed by atoms with E-state index in [4.69, 9.17) is 5.73 Å². The van der Waals surface area contributed by atoms with Crippen molar-refractivity contribution in [1.29, 1.82) is 0 Å². The summed E-state index contributed by atoms with van der Waals surface area (Å²) in [7, 11) is 0. The SMILES string of the molecule is CCNc1cc(NCCC(=O)N(CC)CC)nc(N)n1. The van der Waals surface area contributed by atoms with Crippen LogP contribution >= 0.6 is 0 Å². The van der Waals surface area contributed by atoms with E-state index in [9.17, 15) is 4.79 Å². The van der Waals surface area contributed by atoms with E-state index in [1.807, 2.05) is 20.8 Å². The summed E-state index contributed by atoms with van der Waals surface area (Å²) in [4.78, 5) is 21.8. The second-order valence-corrected chi connectivity index (χ2v) is 4.27. The zero-order valence-corrected chi connectivity index (χ0v) is 12.4. The molecule has 0 aromatic carbocycles. The van der Waals surface area contributed by atoms with Crippen molar-refractivity contribution >= 4 is 23.5 Å². The first-order valence-corrected chi connectivity index (χ1v) is 7.00. The standard InChI is InChI=1S/C13H24N6O/c1-4-15-10-9-11(18-13(14)17-10)16-8-7-12(20)19(5-2)6-3/h9H,4-8H2,1-3H3,(H4,14,15,16,17,18). The Balaban J connectivity index is 2.51. The summed E-state index contributed by atoms with van der Waals surface area (Å²) in [6, 6.07) is 1.78. The van der Waals surface area contributed by atoms with Crippen molar-refractivity contribution in [2.45, 2.75) is 27.2 Å². The molecule has 0 radical (unpaired) electrons. The second kappa shape index (κ2) is 8.19. The van der Waals surface area contributed by atoms with Gasteiger partial charge in [0.25, 0.3) is 0 Å². The fourth-order valence-electron chi connectivity index (χ4n) is 1.86. The molecule has 1 amide bonds. The van der Waals surface area contributed by atoms with Crippen LogP contribution in [0.15, 0.2) is 6.07 Å². The Kier molecular flexibility index (Phi) is 6.55. The highest BCUT2D eigenvalue weighted by Gasteiger charge is 2.09. The Morgan fingerprint density at radius 1 is 1.20 bits per heavy atom. The van der Waals surface area contributed by atoms with Crippen LogP contribution in [0.25, 0.3) is 0 Å². The van der Waals surface area contributed by atoms with Crippen LogP contribution < -0.4 is 16.4 Å². The molecular formula is C13H24N6O. The molecule has 0 saturated heterocycles. The van der Waals surface area contributed by atoms with Crippen LogP contribution in [0.3, 0.4) is 0 Å². The molecule has 0 bridgehead atoms. The van der Waals surface area contributed by atoms with Gasteiger partial charge in [-0.3, -0.25) is 4.79 Å². The molecule has 112 valence electrons. The Morgan fingerprint density at radius 2 is 1.80 bits per heavy atom. The first-order chi connectivity index (χ1) is 9.60. The third-order valence-electron chi connectivity index (χ3n) is 2.86. The number of aromatic nitrogens is 2. The molecule has 0 fully saturated rings. The van der Waals surface area contributed by atoms with Gasteiger partial charge in [0.2, 0.25) is 11.9 Å². The minimum atomic E-state index is 0.136. The normalized spacial score (nSPS) is 10.2. The van der Waals surface area contributed by atoms with Crippen molar-refractivity contribution in [3.63, 3.8) is 0 Å². The highest BCUT2D eigenvalue weighted by molar-refractivity contribution is 5.76. The number of amides is 1. The molecule has 0 saturated carbocycles. The number of carbonyl (C=O) groups is 1. The largest absolute Gasteiger partial charge is 0.370 e. The third kappa shape index (κ3) is 4.91. The molecule has 7 heteroatoms. The smallest absolute Gasteiger partial charge is 0.224 e. The van der Waals surface area contributed by atoms with Gasteiger partial charge < -0.3 is 21.3 Å². The lowest BCUT2D eigenvalue weighted by Crippen LogP contribution is -2.31. The van der Waals surface area contributed by atoms with Crippen molar-refractivity contribution in [1.82, 2.24) is 14.9 Å². The molecule has 0 aliphatic carbocycles. The lowest BCUT2D eigenvalue weighted by molar-refractivity contribution is -0.130. The van der Waals surface area contributed by atoms with E-state index in [0.717, 1.165) is 19.6 Å². The minimum Gasteiger partial charge on any atom is -0.370 e. The molecule has 0 unspecified atom stereocenters. The summed E-state index contributed by atoms with van der Waals surface area (Å²) in [5.74, 6) is 1.65. The molecule has 0 atom stereocenters. The van der Waals surface area contributed by atoms with Crippen LogP contribution in [0.2, 0.25) is 0 Å². The summed E-state index contributed by atoms with van der Waals surface area (Å²) >= 11 is 0. The van der Waals surface area contributed by atoms with E-state index >= 15 is 0 Å². The van der Waals surface area contributed by atoms with Crippen LogP contribution in [0, 0.1) is 0 Å². The number of anilines is 3. The molecular weight excluding hydrogens is 256 g/mol. The number of nitrogens with zero attached hydrogens (tertiary/aromatic N) is 3. The molecule has 4 N–H and O–H groups in total. The Morgan fingerprint density at radius 3 is 2.35 bits per heavy atom.